The van der Waals surface area contributed by atoms with E-state index in [1.165, 1.54) is 0 Å². The molecule has 0 bridgehead atoms. The van der Waals surface area contributed by atoms with Crippen molar-refractivity contribution < 1.29 is 14.3 Å². The van der Waals surface area contributed by atoms with Crippen LogP contribution in [-0.4, -0.2) is 32.0 Å². The van der Waals surface area contributed by atoms with Gasteiger partial charge in [-0.05, 0) is 66.8 Å². The molecule has 0 unspecified atom stereocenters. The predicted molar refractivity (Wildman–Crippen MR) is 111 cm³/mol. The first-order valence-electron chi connectivity index (χ1n) is 9.72. The lowest BCUT2D eigenvalue weighted by Gasteiger charge is -2.29. The molecule has 0 radical (unpaired) electrons. The number of carbonyl (C=O) groups excluding carboxylic acids is 2. The second kappa shape index (κ2) is 7.89. The van der Waals surface area contributed by atoms with Gasteiger partial charge in [-0.25, -0.2) is 0 Å². The number of carbonyl (C=O) groups is 2. The number of methoxy groups -OCH3 is 1. The van der Waals surface area contributed by atoms with Gasteiger partial charge >= 0.3 is 0 Å². The van der Waals surface area contributed by atoms with Crippen molar-refractivity contribution in [3.05, 3.63) is 59.7 Å². The van der Waals surface area contributed by atoms with Gasteiger partial charge in [0, 0.05) is 37.0 Å². The molecule has 1 saturated heterocycles. The molecule has 0 saturated carbocycles. The highest BCUT2D eigenvalue weighted by molar-refractivity contribution is 6.04. The maximum Gasteiger partial charge on any atom is 0.250 e. The molecule has 0 atom stereocenters. The van der Waals surface area contributed by atoms with Gasteiger partial charge in [0.1, 0.15) is 5.75 Å². The number of fused-ring (bicyclic) bond motifs is 1. The summed E-state index contributed by atoms with van der Waals surface area (Å²) in [4.78, 5) is 28.2. The third kappa shape index (κ3) is 3.65. The van der Waals surface area contributed by atoms with Crippen molar-refractivity contribution in [2.45, 2.75) is 25.7 Å². The van der Waals surface area contributed by atoms with Crippen molar-refractivity contribution in [1.29, 1.82) is 0 Å². The molecule has 4 rings (SSSR count). The number of rotatable bonds is 4. The first kappa shape index (κ1) is 18.3. The van der Waals surface area contributed by atoms with Crippen molar-refractivity contribution in [2.75, 3.05) is 30.0 Å². The number of nitrogens with zero attached hydrogens (tertiary/aromatic N) is 2. The van der Waals surface area contributed by atoms with Crippen molar-refractivity contribution in [3.63, 3.8) is 0 Å². The highest BCUT2D eigenvalue weighted by atomic mass is 16.5. The van der Waals surface area contributed by atoms with E-state index >= 15 is 0 Å². The molecular weight excluding hydrogens is 352 g/mol. The minimum absolute atomic E-state index is 0.0232. The Morgan fingerprint density at radius 2 is 1.82 bits per heavy atom. The number of amides is 2. The third-order valence-electron chi connectivity index (χ3n) is 5.37. The first-order valence-corrected chi connectivity index (χ1v) is 9.72. The SMILES string of the molecule is COc1ccc2c(c1)CCCN2C(=O)/C=C/c1ccc(N2CCCC2=O)cc1. The monoisotopic (exact) mass is 376 g/mol. The zero-order valence-electron chi connectivity index (χ0n) is 16.1. The molecule has 5 heteroatoms. The van der Waals surface area contributed by atoms with Gasteiger partial charge in [0.15, 0.2) is 0 Å². The van der Waals surface area contributed by atoms with Gasteiger partial charge in [0.05, 0.1) is 7.11 Å². The van der Waals surface area contributed by atoms with Gasteiger partial charge < -0.3 is 14.5 Å². The maximum absolute atomic E-state index is 12.8. The minimum Gasteiger partial charge on any atom is -0.497 e. The Morgan fingerprint density at radius 3 is 2.54 bits per heavy atom. The van der Waals surface area contributed by atoms with Crippen LogP contribution in [0.4, 0.5) is 11.4 Å². The lowest BCUT2D eigenvalue weighted by molar-refractivity contribution is -0.117. The molecule has 2 aromatic carbocycles. The lowest BCUT2D eigenvalue weighted by atomic mass is 10.0. The van der Waals surface area contributed by atoms with Crippen molar-refractivity contribution in [3.8, 4) is 5.75 Å². The van der Waals surface area contributed by atoms with Gasteiger partial charge in [-0.15, -0.1) is 0 Å². The lowest BCUT2D eigenvalue weighted by Crippen LogP contribution is -2.34. The topological polar surface area (TPSA) is 49.9 Å². The molecule has 1 fully saturated rings. The molecule has 144 valence electrons. The summed E-state index contributed by atoms with van der Waals surface area (Å²) in [7, 11) is 1.65. The van der Waals surface area contributed by atoms with Crippen molar-refractivity contribution in [1.82, 2.24) is 0 Å². The standard InChI is InChI=1S/C23H24N2O3/c1-28-20-11-12-21-18(16-20)4-2-15-25(21)23(27)13-8-17-6-9-19(10-7-17)24-14-3-5-22(24)26/h6-13,16H,2-5,14-15H2,1H3/b13-8+. The molecule has 28 heavy (non-hydrogen) atoms. The molecule has 0 spiro atoms. The van der Waals surface area contributed by atoms with E-state index in [1.807, 2.05) is 58.3 Å². The Kier molecular flexibility index (Phi) is 5.15. The Hall–Kier alpha value is -3.08. The zero-order valence-corrected chi connectivity index (χ0v) is 16.1. The molecule has 2 aromatic rings. The summed E-state index contributed by atoms with van der Waals surface area (Å²) < 4.78 is 5.29. The van der Waals surface area contributed by atoms with E-state index in [0.717, 1.165) is 60.6 Å². The fourth-order valence-corrected chi connectivity index (χ4v) is 3.87. The smallest absolute Gasteiger partial charge is 0.250 e. The van der Waals surface area contributed by atoms with Crippen molar-refractivity contribution >= 4 is 29.3 Å². The Balaban J connectivity index is 1.47. The fraction of sp³-hybridized carbons (Fsp3) is 0.304. The number of anilines is 2. The molecule has 2 amide bonds. The van der Waals surface area contributed by atoms with Gasteiger partial charge in [-0.3, -0.25) is 9.59 Å². The summed E-state index contributed by atoms with van der Waals surface area (Å²) in [5.41, 5.74) is 3.97. The number of benzene rings is 2. The number of hydrogen-bond donors (Lipinski definition) is 0. The largest absolute Gasteiger partial charge is 0.497 e. The zero-order chi connectivity index (χ0) is 19.5. The number of aryl methyl sites for hydroxylation is 1. The van der Waals surface area contributed by atoms with E-state index in [2.05, 4.69) is 0 Å². The van der Waals surface area contributed by atoms with Gasteiger partial charge in [0.2, 0.25) is 5.91 Å². The van der Waals surface area contributed by atoms with E-state index in [9.17, 15) is 9.59 Å². The van der Waals surface area contributed by atoms with Crippen LogP contribution < -0.4 is 14.5 Å². The summed E-state index contributed by atoms with van der Waals surface area (Å²) in [5.74, 6) is 0.976. The molecule has 0 N–H and O–H groups in total. The van der Waals surface area contributed by atoms with Crippen LogP contribution in [0.25, 0.3) is 6.08 Å². The van der Waals surface area contributed by atoms with E-state index in [-0.39, 0.29) is 11.8 Å². The molecular formula is C23H24N2O3. The van der Waals surface area contributed by atoms with Crippen LogP contribution >= 0.6 is 0 Å². The first-order chi connectivity index (χ1) is 13.7. The summed E-state index contributed by atoms with van der Waals surface area (Å²) in [6, 6.07) is 13.6. The summed E-state index contributed by atoms with van der Waals surface area (Å²) in [5, 5.41) is 0. The highest BCUT2D eigenvalue weighted by Gasteiger charge is 2.22. The van der Waals surface area contributed by atoms with Gasteiger partial charge in [-0.2, -0.15) is 0 Å². The minimum atomic E-state index is -0.0232. The molecule has 5 nitrogen and oxygen atoms in total. The second-order valence-corrected chi connectivity index (χ2v) is 7.16. The average Bonchev–Trinajstić information content (AvgIpc) is 3.17. The van der Waals surface area contributed by atoms with Crippen molar-refractivity contribution in [2.24, 2.45) is 0 Å². The summed E-state index contributed by atoms with van der Waals surface area (Å²) in [6.45, 7) is 1.50. The number of hydrogen-bond acceptors (Lipinski definition) is 3. The molecule has 0 aliphatic carbocycles. The third-order valence-corrected chi connectivity index (χ3v) is 5.37. The second-order valence-electron chi connectivity index (χ2n) is 7.16. The van der Waals surface area contributed by atoms with Crippen LogP contribution in [0.1, 0.15) is 30.4 Å². The van der Waals surface area contributed by atoms with Gasteiger partial charge in [-0.1, -0.05) is 12.1 Å². The molecule has 2 aliphatic rings. The van der Waals surface area contributed by atoms with Crippen LogP contribution in [0.15, 0.2) is 48.5 Å². The normalized spacial score (nSPS) is 16.5. The van der Waals surface area contributed by atoms with E-state index in [1.54, 1.807) is 13.2 Å². The van der Waals surface area contributed by atoms with E-state index in [0.29, 0.717) is 6.42 Å². The predicted octanol–water partition coefficient (Wildman–Crippen LogP) is 3.81. The number of ether oxygens (including phenoxy) is 1. The Morgan fingerprint density at radius 1 is 1.04 bits per heavy atom. The van der Waals surface area contributed by atoms with Crippen LogP contribution in [0.3, 0.4) is 0 Å². The van der Waals surface area contributed by atoms with E-state index in [4.69, 9.17) is 4.74 Å². The Labute approximate surface area is 165 Å². The van der Waals surface area contributed by atoms with E-state index < -0.39 is 0 Å². The molecule has 2 aliphatic heterocycles. The van der Waals surface area contributed by atoms with Crippen LogP contribution in [0.2, 0.25) is 0 Å². The quantitative estimate of drug-likeness (QED) is 0.763. The summed E-state index contributed by atoms with van der Waals surface area (Å²) in [6.07, 6.45) is 6.89. The average molecular weight is 376 g/mol. The molecule has 2 heterocycles. The maximum atomic E-state index is 12.8. The van der Waals surface area contributed by atoms with Crippen LogP contribution in [0.5, 0.6) is 5.75 Å². The van der Waals surface area contributed by atoms with Crippen LogP contribution in [-0.2, 0) is 16.0 Å². The van der Waals surface area contributed by atoms with Crippen LogP contribution in [0, 0.1) is 0 Å². The molecule has 0 aromatic heterocycles. The summed E-state index contributed by atoms with van der Waals surface area (Å²) >= 11 is 0. The Bertz CT molecular complexity index is 918. The highest BCUT2D eigenvalue weighted by Crippen LogP contribution is 2.30. The fourth-order valence-electron chi connectivity index (χ4n) is 3.87. The van der Waals surface area contributed by atoms with Gasteiger partial charge in [0.25, 0.3) is 5.91 Å².